The number of carbonyl (C=O) groups excluding carboxylic acids is 2. The van der Waals surface area contributed by atoms with E-state index in [1.54, 1.807) is 37.4 Å². The number of amides is 2. The molecule has 0 saturated heterocycles. The van der Waals surface area contributed by atoms with Gasteiger partial charge in [-0.1, -0.05) is 18.2 Å². The van der Waals surface area contributed by atoms with Gasteiger partial charge in [0.2, 0.25) is 0 Å². The highest BCUT2D eigenvalue weighted by Crippen LogP contribution is 2.39. The number of anilines is 1. The number of hydrogen-bond donors (Lipinski definition) is 1. The summed E-state index contributed by atoms with van der Waals surface area (Å²) in [4.78, 5) is 33.2. The third kappa shape index (κ3) is 4.46. The zero-order valence-corrected chi connectivity index (χ0v) is 18.5. The number of benzene rings is 1. The molecule has 0 saturated carbocycles. The Morgan fingerprint density at radius 1 is 1.16 bits per heavy atom. The van der Waals surface area contributed by atoms with Crippen LogP contribution >= 0.6 is 11.3 Å². The van der Waals surface area contributed by atoms with Crippen LogP contribution in [0.3, 0.4) is 0 Å². The molecule has 0 aliphatic heterocycles. The predicted molar refractivity (Wildman–Crippen MR) is 122 cm³/mol. The highest BCUT2D eigenvalue weighted by Gasteiger charge is 2.28. The number of hydrogen-bond acceptors (Lipinski definition) is 5. The molecule has 6 nitrogen and oxygen atoms in total. The predicted octanol–water partition coefficient (Wildman–Crippen LogP) is 4.56. The molecule has 7 heteroatoms. The summed E-state index contributed by atoms with van der Waals surface area (Å²) in [6, 6.07) is 11.1. The Morgan fingerprint density at radius 3 is 2.74 bits per heavy atom. The van der Waals surface area contributed by atoms with Crippen molar-refractivity contribution >= 4 is 28.2 Å². The summed E-state index contributed by atoms with van der Waals surface area (Å²) in [5.74, 6) is 0.402. The van der Waals surface area contributed by atoms with E-state index in [2.05, 4.69) is 10.3 Å². The van der Waals surface area contributed by atoms with Crippen molar-refractivity contribution in [2.45, 2.75) is 32.2 Å². The molecule has 160 valence electrons. The standard InChI is InChI=1S/C24H25N3O3S/c1-27(15-17-8-3-5-11-19(17)30-2)24(29)21-18-10-4-6-12-20(18)31-23(21)26-22(28)16-9-7-13-25-14-16/h3,5,7-9,11,13-14H,4,6,10,12,15H2,1-2H3,(H,26,28). The van der Waals surface area contributed by atoms with Crippen molar-refractivity contribution in [3.05, 3.63) is 75.9 Å². The number of carbonyl (C=O) groups is 2. The largest absolute Gasteiger partial charge is 0.496 e. The Labute approximate surface area is 185 Å². The van der Waals surface area contributed by atoms with Gasteiger partial charge in [0.15, 0.2) is 0 Å². The van der Waals surface area contributed by atoms with Crippen LogP contribution in [0.4, 0.5) is 5.00 Å². The Kier molecular flexibility index (Phi) is 6.32. The first-order valence-corrected chi connectivity index (χ1v) is 11.1. The van der Waals surface area contributed by atoms with Crippen LogP contribution in [0.2, 0.25) is 0 Å². The van der Waals surface area contributed by atoms with Crippen molar-refractivity contribution in [1.82, 2.24) is 9.88 Å². The number of ether oxygens (including phenoxy) is 1. The molecule has 1 aliphatic rings. The minimum Gasteiger partial charge on any atom is -0.496 e. The molecule has 0 radical (unpaired) electrons. The van der Waals surface area contributed by atoms with Gasteiger partial charge in [-0.2, -0.15) is 0 Å². The highest BCUT2D eigenvalue weighted by molar-refractivity contribution is 7.17. The van der Waals surface area contributed by atoms with E-state index >= 15 is 0 Å². The molecular weight excluding hydrogens is 410 g/mol. The molecule has 1 N–H and O–H groups in total. The van der Waals surface area contributed by atoms with Crippen LogP contribution in [0.25, 0.3) is 0 Å². The lowest BCUT2D eigenvalue weighted by Crippen LogP contribution is -2.28. The first kappa shape index (κ1) is 21.1. The summed E-state index contributed by atoms with van der Waals surface area (Å²) in [6.45, 7) is 0.420. The van der Waals surface area contributed by atoms with Crippen molar-refractivity contribution < 1.29 is 14.3 Å². The molecule has 2 amide bonds. The first-order chi connectivity index (χ1) is 15.1. The van der Waals surface area contributed by atoms with Gasteiger partial charge in [0.25, 0.3) is 11.8 Å². The number of rotatable bonds is 6. The number of pyridine rings is 1. The molecule has 3 aromatic rings. The molecule has 2 aromatic heterocycles. The topological polar surface area (TPSA) is 71.5 Å². The summed E-state index contributed by atoms with van der Waals surface area (Å²) in [7, 11) is 3.41. The number of nitrogens with zero attached hydrogens (tertiary/aromatic N) is 2. The van der Waals surface area contributed by atoms with Crippen LogP contribution < -0.4 is 10.1 Å². The van der Waals surface area contributed by atoms with Gasteiger partial charge in [0.1, 0.15) is 10.8 Å². The summed E-state index contributed by atoms with van der Waals surface area (Å²) in [6.07, 6.45) is 7.11. The maximum atomic E-state index is 13.5. The lowest BCUT2D eigenvalue weighted by Gasteiger charge is -2.21. The number of nitrogens with one attached hydrogen (secondary N) is 1. The Morgan fingerprint density at radius 2 is 1.97 bits per heavy atom. The second-order valence-electron chi connectivity index (χ2n) is 7.58. The Hall–Kier alpha value is -3.19. The van der Waals surface area contributed by atoms with Crippen molar-refractivity contribution in [2.75, 3.05) is 19.5 Å². The number of fused-ring (bicyclic) bond motifs is 1. The quantitative estimate of drug-likeness (QED) is 0.616. The molecule has 0 spiro atoms. The van der Waals surface area contributed by atoms with Crippen molar-refractivity contribution in [3.63, 3.8) is 0 Å². The molecule has 1 aromatic carbocycles. The van der Waals surface area contributed by atoms with Crippen LogP contribution in [-0.2, 0) is 19.4 Å². The van der Waals surface area contributed by atoms with E-state index in [4.69, 9.17) is 4.74 Å². The van der Waals surface area contributed by atoms with Crippen molar-refractivity contribution in [3.8, 4) is 5.75 Å². The van der Waals surface area contributed by atoms with Gasteiger partial charge < -0.3 is 15.0 Å². The number of aromatic nitrogens is 1. The SMILES string of the molecule is COc1ccccc1CN(C)C(=O)c1c(NC(=O)c2cccnc2)sc2c1CCCC2. The van der Waals surface area contributed by atoms with Crippen molar-refractivity contribution in [2.24, 2.45) is 0 Å². The second-order valence-corrected chi connectivity index (χ2v) is 8.69. The van der Waals surface area contributed by atoms with Gasteiger partial charge in [-0.15, -0.1) is 11.3 Å². The zero-order chi connectivity index (χ0) is 21.8. The van der Waals surface area contributed by atoms with Crippen molar-refractivity contribution in [1.29, 1.82) is 0 Å². The summed E-state index contributed by atoms with van der Waals surface area (Å²) < 4.78 is 5.43. The zero-order valence-electron chi connectivity index (χ0n) is 17.7. The number of aryl methyl sites for hydroxylation is 1. The minimum absolute atomic E-state index is 0.0909. The first-order valence-electron chi connectivity index (χ1n) is 10.3. The molecular formula is C24H25N3O3S. The van der Waals surface area contributed by atoms with Gasteiger partial charge in [-0.05, 0) is 49.4 Å². The maximum absolute atomic E-state index is 13.5. The fraction of sp³-hybridized carbons (Fsp3) is 0.292. The Balaban J connectivity index is 1.63. The van der Waals surface area contributed by atoms with Gasteiger partial charge in [-0.3, -0.25) is 14.6 Å². The summed E-state index contributed by atoms with van der Waals surface area (Å²) >= 11 is 1.52. The fourth-order valence-corrected chi connectivity index (χ4v) is 5.18. The van der Waals surface area contributed by atoms with E-state index < -0.39 is 0 Å². The molecule has 1 aliphatic carbocycles. The number of methoxy groups -OCH3 is 1. The van der Waals surface area contributed by atoms with E-state index in [0.29, 0.717) is 22.7 Å². The normalized spacial score (nSPS) is 12.7. The van der Waals surface area contributed by atoms with Gasteiger partial charge in [0, 0.05) is 36.4 Å². The van der Waals surface area contributed by atoms with Gasteiger partial charge >= 0.3 is 0 Å². The molecule has 2 heterocycles. The van der Waals surface area contributed by atoms with Crippen LogP contribution in [0, 0.1) is 0 Å². The molecule has 0 atom stereocenters. The van der Waals surface area contributed by atoms with Crippen LogP contribution in [0.1, 0.15) is 49.6 Å². The summed E-state index contributed by atoms with van der Waals surface area (Å²) in [5.41, 5.74) is 3.10. The minimum atomic E-state index is -0.256. The van der Waals surface area contributed by atoms with Gasteiger partial charge in [0.05, 0.1) is 18.2 Å². The lowest BCUT2D eigenvalue weighted by atomic mass is 9.95. The highest BCUT2D eigenvalue weighted by atomic mass is 32.1. The van der Waals surface area contributed by atoms with Gasteiger partial charge in [-0.25, -0.2) is 0 Å². The smallest absolute Gasteiger partial charge is 0.257 e. The third-order valence-electron chi connectivity index (χ3n) is 5.48. The van der Waals surface area contributed by atoms with Crippen LogP contribution in [-0.4, -0.2) is 35.9 Å². The molecule has 31 heavy (non-hydrogen) atoms. The average molecular weight is 436 g/mol. The number of para-hydroxylation sites is 1. The maximum Gasteiger partial charge on any atom is 0.257 e. The van der Waals surface area contributed by atoms with Crippen LogP contribution in [0.15, 0.2) is 48.8 Å². The molecule has 0 bridgehead atoms. The number of thiophene rings is 1. The Bertz CT molecular complexity index is 1090. The van der Waals surface area contributed by atoms with E-state index in [0.717, 1.165) is 42.6 Å². The van der Waals surface area contributed by atoms with Crippen LogP contribution in [0.5, 0.6) is 5.75 Å². The van der Waals surface area contributed by atoms with E-state index in [-0.39, 0.29) is 11.8 Å². The lowest BCUT2D eigenvalue weighted by molar-refractivity contribution is 0.0784. The second kappa shape index (κ2) is 9.31. The molecule has 0 fully saturated rings. The van der Waals surface area contributed by atoms with E-state index in [9.17, 15) is 9.59 Å². The summed E-state index contributed by atoms with van der Waals surface area (Å²) in [5, 5.41) is 3.60. The molecule has 4 rings (SSSR count). The van der Waals surface area contributed by atoms with E-state index in [1.165, 1.54) is 22.4 Å². The molecule has 0 unspecified atom stereocenters. The fourth-order valence-electron chi connectivity index (χ4n) is 3.90. The monoisotopic (exact) mass is 435 g/mol. The van der Waals surface area contributed by atoms with E-state index in [1.807, 2.05) is 24.3 Å². The third-order valence-corrected chi connectivity index (χ3v) is 6.69. The average Bonchev–Trinajstić information content (AvgIpc) is 3.17.